The highest BCUT2D eigenvalue weighted by atomic mass is 32.2. The second-order valence-corrected chi connectivity index (χ2v) is 12.5. The average Bonchev–Trinajstić information content (AvgIpc) is 3.03. The Morgan fingerprint density at radius 2 is 1.24 bits per heavy atom. The van der Waals surface area contributed by atoms with Crippen LogP contribution in [0.5, 0.6) is 5.75 Å². The highest BCUT2D eigenvalue weighted by molar-refractivity contribution is 7.93. The van der Waals surface area contributed by atoms with Gasteiger partial charge >= 0.3 is 0 Å². The Morgan fingerprint density at radius 3 is 1.90 bits per heavy atom. The first-order valence-electron chi connectivity index (χ1n) is 14.7. The van der Waals surface area contributed by atoms with E-state index in [0.29, 0.717) is 36.1 Å². The zero-order chi connectivity index (χ0) is 29.4. The summed E-state index contributed by atoms with van der Waals surface area (Å²) in [5.41, 5.74) is 9.43. The van der Waals surface area contributed by atoms with Crippen molar-refractivity contribution in [3.05, 3.63) is 126 Å². The molecule has 0 bridgehead atoms. The van der Waals surface area contributed by atoms with Gasteiger partial charge in [0, 0.05) is 5.56 Å². The van der Waals surface area contributed by atoms with Crippen molar-refractivity contribution >= 4 is 15.7 Å². The zero-order valence-electron chi connectivity index (χ0n) is 24.2. The van der Waals surface area contributed by atoms with Crippen LogP contribution in [0.25, 0.3) is 33.4 Å². The molecular formula is C37H35NO3S. The smallest absolute Gasteiger partial charge is 0.265 e. The Hall–Kier alpha value is -4.35. The third-order valence-corrected chi connectivity index (χ3v) is 10.4. The van der Waals surface area contributed by atoms with Gasteiger partial charge in [-0.15, -0.1) is 0 Å². The lowest BCUT2D eigenvalue weighted by atomic mass is 9.87. The first kappa shape index (κ1) is 27.8. The molecule has 4 nitrogen and oxygen atoms in total. The van der Waals surface area contributed by atoms with E-state index in [4.69, 9.17) is 0 Å². The highest BCUT2D eigenvalue weighted by Gasteiger charge is 2.39. The third-order valence-electron chi connectivity index (χ3n) is 8.45. The van der Waals surface area contributed by atoms with Gasteiger partial charge in [-0.05, 0) is 88.0 Å². The molecule has 1 aliphatic rings. The summed E-state index contributed by atoms with van der Waals surface area (Å²) in [6.45, 7) is 5.92. The van der Waals surface area contributed by atoms with Gasteiger partial charge in [0.15, 0.2) is 0 Å². The Labute approximate surface area is 249 Å². The van der Waals surface area contributed by atoms with Crippen molar-refractivity contribution in [2.75, 3.05) is 4.31 Å². The normalized spacial score (nSPS) is 14.4. The van der Waals surface area contributed by atoms with Crippen molar-refractivity contribution in [1.82, 2.24) is 0 Å². The van der Waals surface area contributed by atoms with Crippen LogP contribution in [0.4, 0.5) is 5.69 Å². The number of phenolic OH excluding ortho intramolecular Hbond substituents is 1. The van der Waals surface area contributed by atoms with Crippen molar-refractivity contribution in [2.24, 2.45) is 0 Å². The van der Waals surface area contributed by atoms with Crippen LogP contribution in [0, 0.1) is 0 Å². The monoisotopic (exact) mass is 573 g/mol. The van der Waals surface area contributed by atoms with Gasteiger partial charge in [-0.3, -0.25) is 4.31 Å². The molecule has 0 aromatic heterocycles. The van der Waals surface area contributed by atoms with Gasteiger partial charge in [0.25, 0.3) is 10.0 Å². The molecule has 1 heterocycles. The van der Waals surface area contributed by atoms with Gasteiger partial charge in [-0.2, -0.15) is 0 Å². The summed E-state index contributed by atoms with van der Waals surface area (Å²) in [5.74, 6) is 0.146. The maximum atomic E-state index is 14.7. The summed E-state index contributed by atoms with van der Waals surface area (Å²) >= 11 is 0. The SMILES string of the molecule is CCc1c(O)ccc(S(=O)(=O)N2c3ccc(-c4ccc(-c5ccccc5)cc4)cc3-c3ccccc3C2CC)c1CC. The second-order valence-electron chi connectivity index (χ2n) is 10.7. The predicted molar refractivity (Wildman–Crippen MR) is 172 cm³/mol. The van der Waals surface area contributed by atoms with Gasteiger partial charge in [0.2, 0.25) is 0 Å². The van der Waals surface area contributed by atoms with E-state index in [9.17, 15) is 13.5 Å². The number of phenols is 1. The highest BCUT2D eigenvalue weighted by Crippen LogP contribution is 2.50. The van der Waals surface area contributed by atoms with Gasteiger partial charge < -0.3 is 5.11 Å². The summed E-state index contributed by atoms with van der Waals surface area (Å²) in [6.07, 6.45) is 1.69. The number of hydrogen-bond donors (Lipinski definition) is 1. The second kappa shape index (κ2) is 11.1. The number of benzene rings is 5. The van der Waals surface area contributed by atoms with Crippen LogP contribution in [0.15, 0.2) is 114 Å². The molecule has 6 rings (SSSR count). The molecule has 5 aromatic rings. The van der Waals surface area contributed by atoms with Crippen LogP contribution in [0.2, 0.25) is 0 Å². The van der Waals surface area contributed by atoms with Crippen molar-refractivity contribution < 1.29 is 13.5 Å². The lowest BCUT2D eigenvalue weighted by molar-refractivity contribution is 0.466. The molecule has 1 unspecified atom stereocenters. The van der Waals surface area contributed by atoms with Crippen LogP contribution < -0.4 is 4.31 Å². The largest absolute Gasteiger partial charge is 0.508 e. The van der Waals surface area contributed by atoms with E-state index in [0.717, 1.165) is 33.4 Å². The summed E-state index contributed by atoms with van der Waals surface area (Å²) in [6, 6.07) is 35.8. The molecule has 5 aromatic carbocycles. The Balaban J connectivity index is 1.51. The van der Waals surface area contributed by atoms with Crippen molar-refractivity contribution in [3.8, 4) is 39.1 Å². The molecule has 1 atom stereocenters. The number of rotatable bonds is 7. The fraction of sp³-hybridized carbons (Fsp3) is 0.189. The van der Waals surface area contributed by atoms with Crippen LogP contribution in [-0.2, 0) is 22.9 Å². The number of aromatic hydroxyl groups is 1. The molecule has 0 amide bonds. The minimum absolute atomic E-state index is 0.146. The van der Waals surface area contributed by atoms with Crippen molar-refractivity contribution in [2.45, 2.75) is 51.0 Å². The molecule has 0 saturated carbocycles. The number of sulfonamides is 1. The van der Waals surface area contributed by atoms with Crippen LogP contribution in [0.1, 0.15) is 49.9 Å². The standard InChI is InChI=1S/C37H35NO3S/c1-4-29-30(5-2)37(23-22-36(29)39)42(40,41)38-34(6-3)32-15-11-10-14-31(32)33-24-28(20-21-35(33)38)27-18-16-26(17-19-27)25-12-8-7-9-13-25/h7-24,34,39H,4-6H2,1-3H3. The quantitative estimate of drug-likeness (QED) is 0.211. The molecule has 0 spiro atoms. The fourth-order valence-corrected chi connectivity index (χ4v) is 8.45. The number of nitrogens with zero attached hydrogens (tertiary/aromatic N) is 1. The molecule has 1 aliphatic heterocycles. The first-order valence-corrected chi connectivity index (χ1v) is 16.1. The molecule has 0 saturated heterocycles. The lowest BCUT2D eigenvalue weighted by Gasteiger charge is -2.39. The molecular weight excluding hydrogens is 538 g/mol. The minimum atomic E-state index is -3.96. The topological polar surface area (TPSA) is 57.6 Å². The molecule has 0 aliphatic carbocycles. The zero-order valence-corrected chi connectivity index (χ0v) is 25.0. The van der Waals surface area contributed by atoms with Crippen LogP contribution in [0.3, 0.4) is 0 Å². The molecule has 0 radical (unpaired) electrons. The summed E-state index contributed by atoms with van der Waals surface area (Å²) < 4.78 is 30.9. The third kappa shape index (κ3) is 4.58. The Kier molecular flexibility index (Phi) is 7.38. The number of fused-ring (bicyclic) bond motifs is 3. The van der Waals surface area contributed by atoms with Gasteiger partial charge in [0.05, 0.1) is 16.6 Å². The summed E-state index contributed by atoms with van der Waals surface area (Å²) in [5, 5.41) is 10.5. The summed E-state index contributed by atoms with van der Waals surface area (Å²) in [4.78, 5) is 0.268. The van der Waals surface area contributed by atoms with Crippen LogP contribution in [-0.4, -0.2) is 13.5 Å². The molecule has 1 N–H and O–H groups in total. The summed E-state index contributed by atoms with van der Waals surface area (Å²) in [7, 11) is -3.96. The van der Waals surface area contributed by atoms with Gasteiger partial charge in [-0.25, -0.2) is 8.42 Å². The van der Waals surface area contributed by atoms with E-state index in [1.165, 1.54) is 11.6 Å². The van der Waals surface area contributed by atoms with E-state index in [1.54, 1.807) is 10.4 Å². The van der Waals surface area contributed by atoms with Gasteiger partial charge in [-0.1, -0.05) is 106 Å². The van der Waals surface area contributed by atoms with Crippen molar-refractivity contribution in [1.29, 1.82) is 0 Å². The fourth-order valence-electron chi connectivity index (χ4n) is 6.41. The van der Waals surface area contributed by atoms with E-state index in [1.807, 2.05) is 69.3 Å². The Bertz CT molecular complexity index is 1860. The van der Waals surface area contributed by atoms with E-state index in [2.05, 4.69) is 48.5 Å². The van der Waals surface area contributed by atoms with E-state index < -0.39 is 10.0 Å². The van der Waals surface area contributed by atoms with Crippen molar-refractivity contribution in [3.63, 3.8) is 0 Å². The van der Waals surface area contributed by atoms with Crippen LogP contribution >= 0.6 is 0 Å². The average molecular weight is 574 g/mol. The first-order chi connectivity index (χ1) is 20.4. The maximum Gasteiger partial charge on any atom is 0.265 e. The maximum absolute atomic E-state index is 14.7. The molecule has 5 heteroatoms. The molecule has 42 heavy (non-hydrogen) atoms. The lowest BCUT2D eigenvalue weighted by Crippen LogP contribution is -2.38. The number of anilines is 1. The van der Waals surface area contributed by atoms with Gasteiger partial charge in [0.1, 0.15) is 5.75 Å². The van der Waals surface area contributed by atoms with E-state index in [-0.39, 0.29) is 16.7 Å². The predicted octanol–water partition coefficient (Wildman–Crippen LogP) is 9.18. The minimum Gasteiger partial charge on any atom is -0.508 e. The van der Waals surface area contributed by atoms with E-state index >= 15 is 0 Å². The number of hydrogen-bond acceptors (Lipinski definition) is 3. The molecule has 0 fully saturated rings. The Morgan fingerprint density at radius 1 is 0.643 bits per heavy atom. The molecule has 212 valence electrons.